The van der Waals surface area contributed by atoms with Gasteiger partial charge >= 0.3 is 0 Å². The molecule has 11 heteroatoms. The molecule has 5 rings (SSSR count). The molecule has 0 aromatic heterocycles. The van der Waals surface area contributed by atoms with Crippen LogP contribution in [-0.2, 0) is 21.3 Å². The number of benzene rings is 1. The summed E-state index contributed by atoms with van der Waals surface area (Å²) in [5.74, 6) is 0.317. The summed E-state index contributed by atoms with van der Waals surface area (Å²) in [6.45, 7) is 3.37. The molecule has 36 heavy (non-hydrogen) atoms. The number of piperidine rings is 1. The number of amides is 1. The summed E-state index contributed by atoms with van der Waals surface area (Å²) in [5.41, 5.74) is 1.70. The van der Waals surface area contributed by atoms with Gasteiger partial charge in [0.2, 0.25) is 0 Å². The highest BCUT2D eigenvalue weighted by Gasteiger charge is 2.41. The van der Waals surface area contributed by atoms with Crippen LogP contribution >= 0.6 is 24.8 Å². The molecule has 1 aromatic carbocycles. The summed E-state index contributed by atoms with van der Waals surface area (Å²) >= 11 is 0. The van der Waals surface area contributed by atoms with Crippen LogP contribution in [0, 0.1) is 0 Å². The topological polar surface area (TPSA) is 102 Å². The highest BCUT2D eigenvalue weighted by Crippen LogP contribution is 2.37. The molecule has 2 fully saturated rings. The third kappa shape index (κ3) is 5.98. The number of carbonyl (C=O) groups excluding carboxylic acids is 1. The lowest BCUT2D eigenvalue weighted by molar-refractivity contribution is -0.118. The second-order valence-electron chi connectivity index (χ2n) is 9.18. The van der Waals surface area contributed by atoms with Gasteiger partial charge in [-0.05, 0) is 56.0 Å². The van der Waals surface area contributed by atoms with Gasteiger partial charge in [0.25, 0.3) is 16.0 Å². The van der Waals surface area contributed by atoms with Crippen LogP contribution in [0.1, 0.15) is 24.8 Å². The van der Waals surface area contributed by atoms with E-state index in [0.717, 1.165) is 51.1 Å². The molecule has 4 aliphatic rings. The van der Waals surface area contributed by atoms with Gasteiger partial charge in [0.15, 0.2) is 0 Å². The first-order valence-corrected chi connectivity index (χ1v) is 13.3. The molecule has 1 atom stereocenters. The van der Waals surface area contributed by atoms with Crippen LogP contribution in [0.2, 0.25) is 0 Å². The number of hydrogen-bond donors (Lipinski definition) is 3. The quantitative estimate of drug-likeness (QED) is 0.445. The molecule has 0 bridgehead atoms. The average molecular weight is 556 g/mol. The molecule has 1 amide bonds. The van der Waals surface area contributed by atoms with Crippen molar-refractivity contribution in [1.82, 2.24) is 20.4 Å². The van der Waals surface area contributed by atoms with Gasteiger partial charge in [-0.2, -0.15) is 8.42 Å². The molecule has 0 radical (unpaired) electrons. The fourth-order valence-corrected chi connectivity index (χ4v) is 6.08. The summed E-state index contributed by atoms with van der Waals surface area (Å²) in [5, 5.41) is 6.24. The minimum absolute atomic E-state index is 0. The largest absolute Gasteiger partial charge is 0.369 e. The second-order valence-corrected chi connectivity index (χ2v) is 10.5. The van der Waals surface area contributed by atoms with Crippen LogP contribution in [0.15, 0.2) is 76.6 Å². The number of carbonyl (C=O) groups is 1. The first-order chi connectivity index (χ1) is 16.4. The van der Waals surface area contributed by atoms with Gasteiger partial charge in [-0.15, -0.1) is 24.8 Å². The molecule has 4 heterocycles. The Morgan fingerprint density at radius 3 is 2.56 bits per heavy atom. The van der Waals surface area contributed by atoms with E-state index in [1.807, 2.05) is 17.0 Å². The Hall–Kier alpha value is -2.30. The van der Waals surface area contributed by atoms with Crippen LogP contribution in [-0.4, -0.2) is 66.9 Å². The number of halogens is 2. The van der Waals surface area contributed by atoms with E-state index in [0.29, 0.717) is 12.2 Å². The van der Waals surface area contributed by atoms with Crippen molar-refractivity contribution in [3.8, 4) is 0 Å². The van der Waals surface area contributed by atoms with Crippen molar-refractivity contribution in [3.05, 3.63) is 82.2 Å². The van der Waals surface area contributed by atoms with E-state index in [-0.39, 0.29) is 47.4 Å². The summed E-state index contributed by atoms with van der Waals surface area (Å²) in [4.78, 5) is 17.1. The zero-order chi connectivity index (χ0) is 23.7. The maximum absolute atomic E-state index is 13.2. The predicted molar refractivity (Wildman–Crippen MR) is 144 cm³/mol. The Balaban J connectivity index is 0.00000180. The summed E-state index contributed by atoms with van der Waals surface area (Å²) in [6.07, 6.45) is 10.6. The highest BCUT2D eigenvalue weighted by molar-refractivity contribution is 7.90. The Morgan fingerprint density at radius 2 is 1.86 bits per heavy atom. The molecular formula is C25H32Cl2N4O4S. The molecule has 0 saturated carbocycles. The Kier molecular flexibility index (Phi) is 9.29. The van der Waals surface area contributed by atoms with E-state index in [4.69, 9.17) is 0 Å². The zero-order valence-electron chi connectivity index (χ0n) is 19.8. The molecular weight excluding hydrogens is 523 g/mol. The molecule has 1 aromatic rings. The summed E-state index contributed by atoms with van der Waals surface area (Å²) in [6, 6.07) is 10.3. The van der Waals surface area contributed by atoms with Gasteiger partial charge in [0.1, 0.15) is 10.7 Å². The SMILES string of the molecule is Cl.Cl.O=C(NC1CCN(CCCc2ccccc2)CC1)C1=CC2CNC3=CC=CC(=C1S(=O)(=O)O)N32. The molecule has 8 nitrogen and oxygen atoms in total. The Bertz CT molecular complexity index is 1190. The first-order valence-electron chi connectivity index (χ1n) is 11.8. The number of aryl methyl sites for hydroxylation is 1. The van der Waals surface area contributed by atoms with Gasteiger partial charge in [0.05, 0.1) is 17.3 Å². The minimum Gasteiger partial charge on any atom is -0.369 e. The molecule has 4 aliphatic heterocycles. The molecule has 196 valence electrons. The normalized spacial score (nSPS) is 21.5. The molecule has 0 spiro atoms. The maximum atomic E-state index is 13.2. The van der Waals surface area contributed by atoms with Gasteiger partial charge in [-0.25, -0.2) is 0 Å². The fraction of sp³-hybridized carbons (Fsp3) is 0.400. The number of rotatable bonds is 7. The smallest absolute Gasteiger partial charge is 0.297 e. The van der Waals surface area contributed by atoms with E-state index in [9.17, 15) is 17.8 Å². The van der Waals surface area contributed by atoms with Crippen molar-refractivity contribution in [3.63, 3.8) is 0 Å². The third-order valence-electron chi connectivity index (χ3n) is 6.90. The van der Waals surface area contributed by atoms with E-state index < -0.39 is 16.0 Å². The Morgan fingerprint density at radius 1 is 1.14 bits per heavy atom. The van der Waals surface area contributed by atoms with Gasteiger partial charge in [-0.3, -0.25) is 9.35 Å². The third-order valence-corrected chi connectivity index (χ3v) is 7.84. The lowest BCUT2D eigenvalue weighted by Crippen LogP contribution is -2.46. The molecule has 3 N–H and O–H groups in total. The van der Waals surface area contributed by atoms with Gasteiger partial charge in [-0.1, -0.05) is 36.4 Å². The lowest BCUT2D eigenvalue weighted by atomic mass is 10.00. The zero-order valence-corrected chi connectivity index (χ0v) is 22.2. The van der Waals surface area contributed by atoms with E-state index in [1.165, 1.54) is 5.56 Å². The highest BCUT2D eigenvalue weighted by atomic mass is 35.5. The monoisotopic (exact) mass is 554 g/mol. The predicted octanol–water partition coefficient (Wildman–Crippen LogP) is 2.77. The lowest BCUT2D eigenvalue weighted by Gasteiger charge is -2.35. The molecule has 2 saturated heterocycles. The van der Waals surface area contributed by atoms with Crippen molar-refractivity contribution in [2.24, 2.45) is 0 Å². The summed E-state index contributed by atoms with van der Waals surface area (Å²) < 4.78 is 34.6. The maximum Gasteiger partial charge on any atom is 0.297 e. The fourth-order valence-electron chi connectivity index (χ4n) is 5.21. The van der Waals surface area contributed by atoms with Crippen LogP contribution in [0.5, 0.6) is 0 Å². The standard InChI is InChI=1S/C25H30N4O4S.2ClH/c30-25(27-19-11-14-28(15-12-19)13-5-8-18-6-2-1-3-7-18)21-16-20-17-26-23-10-4-9-22(29(20)23)24(21)34(31,32)33;;/h1-4,6-7,9-10,16,19-20,26H,5,8,11-15,17H2,(H,27,30)(H,31,32,33);2*1H. The van der Waals surface area contributed by atoms with E-state index in [1.54, 1.807) is 18.2 Å². The van der Waals surface area contributed by atoms with Crippen LogP contribution < -0.4 is 10.6 Å². The summed E-state index contributed by atoms with van der Waals surface area (Å²) in [7, 11) is -4.60. The van der Waals surface area contributed by atoms with Crippen molar-refractivity contribution in [2.45, 2.75) is 37.8 Å². The average Bonchev–Trinajstić information content (AvgIpc) is 3.24. The van der Waals surface area contributed by atoms with Crippen LogP contribution in [0.3, 0.4) is 0 Å². The minimum atomic E-state index is -4.60. The number of nitrogens with one attached hydrogen (secondary N) is 2. The van der Waals surface area contributed by atoms with Crippen molar-refractivity contribution >= 4 is 40.8 Å². The van der Waals surface area contributed by atoms with Crippen molar-refractivity contribution in [1.29, 1.82) is 0 Å². The van der Waals surface area contributed by atoms with E-state index >= 15 is 0 Å². The van der Waals surface area contributed by atoms with Crippen molar-refractivity contribution in [2.75, 3.05) is 26.2 Å². The second kappa shape index (κ2) is 11.8. The van der Waals surface area contributed by atoms with Gasteiger partial charge in [0, 0.05) is 25.7 Å². The van der Waals surface area contributed by atoms with Crippen LogP contribution in [0.25, 0.3) is 0 Å². The van der Waals surface area contributed by atoms with Gasteiger partial charge < -0.3 is 20.4 Å². The number of nitrogens with zero attached hydrogens (tertiary/aromatic N) is 2. The van der Waals surface area contributed by atoms with Crippen molar-refractivity contribution < 1.29 is 17.8 Å². The van der Waals surface area contributed by atoms with E-state index in [2.05, 4.69) is 39.8 Å². The van der Waals surface area contributed by atoms with Crippen LogP contribution in [0.4, 0.5) is 0 Å². The molecule has 1 unspecified atom stereocenters. The first kappa shape index (κ1) is 28.3. The number of hydrogen-bond acceptors (Lipinski definition) is 6. The molecule has 0 aliphatic carbocycles. The Labute approximate surface area is 224 Å². The number of allylic oxidation sites excluding steroid dienone is 3. The number of likely N-dealkylation sites (tertiary alicyclic amines) is 1.